The SMILES string of the molecule is C\C=C(/C=C\C(=N\O)C(=O)OC)C(F)(F)F. The maximum Gasteiger partial charge on any atom is 0.416 e. The van der Waals surface area contributed by atoms with E-state index in [0.29, 0.717) is 12.2 Å². The van der Waals surface area contributed by atoms with Gasteiger partial charge >= 0.3 is 12.1 Å². The topological polar surface area (TPSA) is 58.9 Å². The number of nitrogens with zero attached hydrogens (tertiary/aromatic N) is 1. The number of carbonyl (C=O) groups excluding carboxylic acids is 1. The Morgan fingerprint density at radius 1 is 1.38 bits per heavy atom. The molecule has 90 valence electrons. The van der Waals surface area contributed by atoms with Gasteiger partial charge in [-0.3, -0.25) is 0 Å². The first-order valence-electron chi connectivity index (χ1n) is 4.08. The van der Waals surface area contributed by atoms with E-state index in [1.54, 1.807) is 0 Å². The highest BCUT2D eigenvalue weighted by Gasteiger charge is 2.31. The van der Waals surface area contributed by atoms with Gasteiger partial charge in [0.1, 0.15) is 0 Å². The van der Waals surface area contributed by atoms with Crippen LogP contribution in [0.1, 0.15) is 6.92 Å². The van der Waals surface area contributed by atoms with E-state index in [0.717, 1.165) is 13.2 Å². The van der Waals surface area contributed by atoms with Crippen molar-refractivity contribution in [1.29, 1.82) is 0 Å². The number of ether oxygens (including phenoxy) is 1. The number of halogens is 3. The van der Waals surface area contributed by atoms with Crippen molar-refractivity contribution in [1.82, 2.24) is 0 Å². The van der Waals surface area contributed by atoms with Crippen molar-refractivity contribution < 1.29 is 27.9 Å². The molecule has 0 aromatic rings. The molecular weight excluding hydrogens is 227 g/mol. The molecule has 0 bridgehead atoms. The van der Waals surface area contributed by atoms with E-state index in [1.165, 1.54) is 6.92 Å². The third kappa shape index (κ3) is 4.16. The predicted molar refractivity (Wildman–Crippen MR) is 50.2 cm³/mol. The Hall–Kier alpha value is -1.79. The van der Waals surface area contributed by atoms with Gasteiger partial charge in [-0.2, -0.15) is 13.2 Å². The van der Waals surface area contributed by atoms with Crippen LogP contribution in [0.3, 0.4) is 0 Å². The number of alkyl halides is 3. The molecule has 0 rings (SSSR count). The van der Waals surface area contributed by atoms with Crippen LogP contribution in [-0.2, 0) is 9.53 Å². The van der Waals surface area contributed by atoms with Crippen LogP contribution in [0.2, 0.25) is 0 Å². The van der Waals surface area contributed by atoms with Gasteiger partial charge in [0.05, 0.1) is 12.7 Å². The van der Waals surface area contributed by atoms with Gasteiger partial charge in [0.2, 0.25) is 0 Å². The maximum atomic E-state index is 12.2. The van der Waals surface area contributed by atoms with Gasteiger partial charge < -0.3 is 9.94 Å². The first-order valence-corrected chi connectivity index (χ1v) is 4.08. The van der Waals surface area contributed by atoms with Gasteiger partial charge in [-0.1, -0.05) is 11.2 Å². The van der Waals surface area contributed by atoms with E-state index in [-0.39, 0.29) is 0 Å². The van der Waals surface area contributed by atoms with Crippen molar-refractivity contribution in [2.24, 2.45) is 5.16 Å². The van der Waals surface area contributed by atoms with E-state index in [9.17, 15) is 18.0 Å². The Balaban J connectivity index is 4.90. The Morgan fingerprint density at radius 2 is 1.94 bits per heavy atom. The molecule has 1 N–H and O–H groups in total. The summed E-state index contributed by atoms with van der Waals surface area (Å²) in [5, 5.41) is 10.9. The van der Waals surface area contributed by atoms with Crippen molar-refractivity contribution in [2.75, 3.05) is 7.11 Å². The summed E-state index contributed by atoms with van der Waals surface area (Å²) in [7, 11) is 1.02. The average Bonchev–Trinajstić information content (AvgIpc) is 2.21. The van der Waals surface area contributed by atoms with Crippen LogP contribution < -0.4 is 0 Å². The van der Waals surface area contributed by atoms with Gasteiger partial charge in [0.15, 0.2) is 5.71 Å². The number of esters is 1. The maximum absolute atomic E-state index is 12.2. The molecule has 0 aliphatic rings. The second-order valence-corrected chi connectivity index (χ2v) is 2.55. The first-order chi connectivity index (χ1) is 7.36. The zero-order chi connectivity index (χ0) is 12.8. The minimum atomic E-state index is -4.53. The molecule has 0 fully saturated rings. The third-order valence-corrected chi connectivity index (χ3v) is 1.56. The summed E-state index contributed by atoms with van der Waals surface area (Å²) in [6, 6.07) is 0. The molecule has 0 unspecified atom stereocenters. The van der Waals surface area contributed by atoms with E-state index < -0.39 is 23.4 Å². The number of oxime groups is 1. The first kappa shape index (κ1) is 14.2. The molecule has 0 amide bonds. The van der Waals surface area contributed by atoms with Crippen molar-refractivity contribution in [3.63, 3.8) is 0 Å². The van der Waals surface area contributed by atoms with Crippen LogP contribution in [0.25, 0.3) is 0 Å². The smallest absolute Gasteiger partial charge is 0.416 e. The second-order valence-electron chi connectivity index (χ2n) is 2.55. The number of rotatable bonds is 3. The van der Waals surface area contributed by atoms with Gasteiger partial charge in [-0.05, 0) is 19.1 Å². The lowest BCUT2D eigenvalue weighted by atomic mass is 10.2. The summed E-state index contributed by atoms with van der Waals surface area (Å²) in [6.45, 7) is 1.20. The molecule has 0 radical (unpaired) electrons. The summed E-state index contributed by atoms with van der Waals surface area (Å²) >= 11 is 0. The average molecular weight is 237 g/mol. The fourth-order valence-corrected chi connectivity index (χ4v) is 0.770. The molecule has 0 aliphatic heterocycles. The van der Waals surface area contributed by atoms with Crippen molar-refractivity contribution in [3.8, 4) is 0 Å². The number of methoxy groups -OCH3 is 1. The lowest BCUT2D eigenvalue weighted by Crippen LogP contribution is -2.14. The zero-order valence-corrected chi connectivity index (χ0v) is 8.58. The van der Waals surface area contributed by atoms with Crippen molar-refractivity contribution in [2.45, 2.75) is 13.1 Å². The summed E-state index contributed by atoms with van der Waals surface area (Å²) in [6.07, 6.45) is -2.37. The van der Waals surface area contributed by atoms with Gasteiger partial charge in [0.25, 0.3) is 0 Å². The molecule has 7 heteroatoms. The van der Waals surface area contributed by atoms with Crippen LogP contribution in [0, 0.1) is 0 Å². The van der Waals surface area contributed by atoms with Crippen LogP contribution in [0.15, 0.2) is 29.0 Å². The highest BCUT2D eigenvalue weighted by Crippen LogP contribution is 2.26. The van der Waals surface area contributed by atoms with Crippen molar-refractivity contribution in [3.05, 3.63) is 23.8 Å². The van der Waals surface area contributed by atoms with Crippen LogP contribution >= 0.6 is 0 Å². The monoisotopic (exact) mass is 237 g/mol. The molecule has 0 spiro atoms. The van der Waals surface area contributed by atoms with Crippen LogP contribution in [0.4, 0.5) is 13.2 Å². The van der Waals surface area contributed by atoms with E-state index in [4.69, 9.17) is 5.21 Å². The van der Waals surface area contributed by atoms with E-state index in [2.05, 4.69) is 9.89 Å². The number of hydrogen-bond acceptors (Lipinski definition) is 4. The minimum Gasteiger partial charge on any atom is -0.464 e. The standard InChI is InChI=1S/C9H10F3NO3/c1-3-6(9(10,11)12)4-5-7(13-15)8(14)16-2/h3-5,15H,1-2H3/b5-4-,6-3+,13-7-. The second kappa shape index (κ2) is 5.94. The van der Waals surface area contributed by atoms with E-state index >= 15 is 0 Å². The number of hydrogen-bond donors (Lipinski definition) is 1. The highest BCUT2D eigenvalue weighted by atomic mass is 19.4. The lowest BCUT2D eigenvalue weighted by molar-refractivity contribution is -0.132. The predicted octanol–water partition coefficient (Wildman–Crippen LogP) is 2.05. The quantitative estimate of drug-likeness (QED) is 0.269. The summed E-state index contributed by atoms with van der Waals surface area (Å²) < 4.78 is 40.8. The van der Waals surface area contributed by atoms with Gasteiger partial charge in [-0.15, -0.1) is 0 Å². The molecule has 0 aliphatic carbocycles. The summed E-state index contributed by atoms with van der Waals surface area (Å²) in [4.78, 5) is 10.8. The molecule has 0 aromatic carbocycles. The summed E-state index contributed by atoms with van der Waals surface area (Å²) in [5.41, 5.74) is -1.58. The number of carbonyl (C=O) groups is 1. The van der Waals surface area contributed by atoms with Crippen LogP contribution in [0.5, 0.6) is 0 Å². The molecular formula is C9H10F3NO3. The lowest BCUT2D eigenvalue weighted by Gasteiger charge is -2.06. The molecule has 0 saturated carbocycles. The highest BCUT2D eigenvalue weighted by molar-refractivity contribution is 6.41. The fourth-order valence-electron chi connectivity index (χ4n) is 0.770. The molecule has 0 aromatic heterocycles. The zero-order valence-electron chi connectivity index (χ0n) is 8.58. The molecule has 0 atom stereocenters. The third-order valence-electron chi connectivity index (χ3n) is 1.56. The fraction of sp³-hybridized carbons (Fsp3) is 0.333. The van der Waals surface area contributed by atoms with Gasteiger partial charge in [-0.25, -0.2) is 4.79 Å². The Kier molecular flexibility index (Phi) is 5.27. The molecule has 4 nitrogen and oxygen atoms in total. The van der Waals surface area contributed by atoms with Crippen LogP contribution in [-0.4, -0.2) is 30.2 Å². The summed E-state index contributed by atoms with van der Waals surface area (Å²) in [5.74, 6) is -1.03. The largest absolute Gasteiger partial charge is 0.464 e. The van der Waals surface area contributed by atoms with Gasteiger partial charge in [0, 0.05) is 0 Å². The van der Waals surface area contributed by atoms with E-state index in [1.807, 2.05) is 0 Å². The Morgan fingerprint density at radius 3 is 2.25 bits per heavy atom. The number of allylic oxidation sites excluding steroid dienone is 3. The minimum absolute atomic E-state index is 0.617. The van der Waals surface area contributed by atoms with Crippen molar-refractivity contribution >= 4 is 11.7 Å². The normalized spacial score (nSPS) is 14.3. The molecule has 16 heavy (non-hydrogen) atoms. The molecule has 0 saturated heterocycles. The molecule has 0 heterocycles. The Bertz CT molecular complexity index is 342. The Labute approximate surface area is 89.7 Å².